The van der Waals surface area contributed by atoms with Gasteiger partial charge in [-0.25, -0.2) is 0 Å². The molecule has 0 aliphatic carbocycles. The Bertz CT molecular complexity index is 672. The Hall–Kier alpha value is -1.63. The number of nitrogens with zero attached hydrogens (tertiary/aromatic N) is 3. The van der Waals surface area contributed by atoms with E-state index in [2.05, 4.69) is 51.3 Å². The molecule has 1 aromatic carbocycles. The van der Waals surface area contributed by atoms with Gasteiger partial charge in [0.15, 0.2) is 5.96 Å². The standard InChI is InChI=1S/C23H36N4O2/c1-18-5-7-19(8-6-18)22-20(4-3-13-29-22)16-25-23(24-2)27-10-9-21(17-27)26-11-14-28-15-12-26/h5-8,20-22H,3-4,9-17H2,1-2H3,(H,24,25). The second kappa shape index (κ2) is 9.92. The van der Waals surface area contributed by atoms with Gasteiger partial charge in [-0.3, -0.25) is 9.89 Å². The summed E-state index contributed by atoms with van der Waals surface area (Å²) >= 11 is 0. The average Bonchev–Trinajstić information content (AvgIpc) is 3.26. The molecule has 6 nitrogen and oxygen atoms in total. The highest BCUT2D eigenvalue weighted by Crippen LogP contribution is 2.33. The van der Waals surface area contributed by atoms with E-state index in [9.17, 15) is 0 Å². The minimum absolute atomic E-state index is 0.176. The fraction of sp³-hybridized carbons (Fsp3) is 0.696. The number of nitrogens with one attached hydrogen (secondary N) is 1. The number of hydrogen-bond donors (Lipinski definition) is 1. The van der Waals surface area contributed by atoms with Gasteiger partial charge >= 0.3 is 0 Å². The van der Waals surface area contributed by atoms with Crippen LogP contribution >= 0.6 is 0 Å². The van der Waals surface area contributed by atoms with Crippen molar-refractivity contribution in [2.75, 3.05) is 59.6 Å². The number of likely N-dealkylation sites (tertiary alicyclic amines) is 1. The van der Waals surface area contributed by atoms with E-state index in [0.717, 1.165) is 64.9 Å². The van der Waals surface area contributed by atoms with Crippen molar-refractivity contribution in [3.05, 3.63) is 35.4 Å². The maximum absolute atomic E-state index is 6.19. The van der Waals surface area contributed by atoms with Crippen molar-refractivity contribution in [2.24, 2.45) is 10.9 Å². The van der Waals surface area contributed by atoms with E-state index < -0.39 is 0 Å². The molecule has 160 valence electrons. The summed E-state index contributed by atoms with van der Waals surface area (Å²) in [4.78, 5) is 9.59. The Labute approximate surface area is 175 Å². The van der Waals surface area contributed by atoms with Crippen LogP contribution in [0.2, 0.25) is 0 Å². The largest absolute Gasteiger partial charge is 0.379 e. The van der Waals surface area contributed by atoms with E-state index in [4.69, 9.17) is 9.47 Å². The summed E-state index contributed by atoms with van der Waals surface area (Å²) in [5, 5.41) is 3.67. The summed E-state index contributed by atoms with van der Waals surface area (Å²) in [6, 6.07) is 9.44. The van der Waals surface area contributed by atoms with Gasteiger partial charge in [0.25, 0.3) is 0 Å². The third kappa shape index (κ3) is 5.11. The van der Waals surface area contributed by atoms with Crippen LogP contribution in [-0.4, -0.2) is 81.4 Å². The quantitative estimate of drug-likeness (QED) is 0.621. The molecule has 3 atom stereocenters. The molecule has 0 amide bonds. The van der Waals surface area contributed by atoms with Gasteiger partial charge in [0, 0.05) is 58.3 Å². The van der Waals surface area contributed by atoms with Crippen LogP contribution in [-0.2, 0) is 9.47 Å². The molecule has 1 N–H and O–H groups in total. The van der Waals surface area contributed by atoms with Crippen LogP contribution in [0.4, 0.5) is 0 Å². The number of morpholine rings is 1. The predicted molar refractivity (Wildman–Crippen MR) is 116 cm³/mol. The summed E-state index contributed by atoms with van der Waals surface area (Å²) in [5.41, 5.74) is 2.59. The number of aliphatic imine (C=N–C) groups is 1. The third-order valence-electron chi connectivity index (χ3n) is 6.61. The minimum atomic E-state index is 0.176. The molecular formula is C23H36N4O2. The number of ether oxygens (including phenoxy) is 2. The number of aryl methyl sites for hydroxylation is 1. The molecule has 0 saturated carbocycles. The van der Waals surface area contributed by atoms with E-state index in [1.54, 1.807) is 0 Å². The van der Waals surface area contributed by atoms with Gasteiger partial charge in [0.1, 0.15) is 0 Å². The molecular weight excluding hydrogens is 364 g/mol. The van der Waals surface area contributed by atoms with Crippen LogP contribution in [0.5, 0.6) is 0 Å². The summed E-state index contributed by atoms with van der Waals surface area (Å²) in [5.74, 6) is 1.51. The summed E-state index contributed by atoms with van der Waals surface area (Å²) < 4.78 is 11.7. The van der Waals surface area contributed by atoms with Crippen molar-refractivity contribution < 1.29 is 9.47 Å². The van der Waals surface area contributed by atoms with Gasteiger partial charge in [-0.1, -0.05) is 29.8 Å². The van der Waals surface area contributed by atoms with Crippen LogP contribution < -0.4 is 5.32 Å². The smallest absolute Gasteiger partial charge is 0.193 e. The number of hydrogen-bond acceptors (Lipinski definition) is 4. The first-order valence-electron chi connectivity index (χ1n) is 11.2. The van der Waals surface area contributed by atoms with Crippen molar-refractivity contribution in [3.63, 3.8) is 0 Å². The molecule has 3 fully saturated rings. The highest BCUT2D eigenvalue weighted by atomic mass is 16.5. The molecule has 3 unspecified atom stereocenters. The fourth-order valence-corrected chi connectivity index (χ4v) is 4.91. The first-order chi connectivity index (χ1) is 14.2. The van der Waals surface area contributed by atoms with E-state index in [0.29, 0.717) is 12.0 Å². The van der Waals surface area contributed by atoms with Crippen molar-refractivity contribution >= 4 is 5.96 Å². The molecule has 4 rings (SSSR count). The van der Waals surface area contributed by atoms with Crippen molar-refractivity contribution in [2.45, 2.75) is 38.3 Å². The lowest BCUT2D eigenvalue weighted by Gasteiger charge is -2.34. The molecule has 29 heavy (non-hydrogen) atoms. The topological polar surface area (TPSA) is 49.3 Å². The molecule has 0 aromatic heterocycles. The number of benzene rings is 1. The lowest BCUT2D eigenvalue weighted by molar-refractivity contribution is -0.0266. The van der Waals surface area contributed by atoms with Crippen LogP contribution in [0.3, 0.4) is 0 Å². The molecule has 1 aromatic rings. The zero-order chi connectivity index (χ0) is 20.1. The van der Waals surface area contributed by atoms with Crippen LogP contribution in [0.25, 0.3) is 0 Å². The van der Waals surface area contributed by atoms with Gasteiger partial charge in [0.2, 0.25) is 0 Å². The lowest BCUT2D eigenvalue weighted by Crippen LogP contribution is -2.47. The third-order valence-corrected chi connectivity index (χ3v) is 6.61. The monoisotopic (exact) mass is 400 g/mol. The first kappa shape index (κ1) is 20.6. The summed E-state index contributed by atoms with van der Waals surface area (Å²) in [6.07, 6.45) is 3.71. The van der Waals surface area contributed by atoms with Crippen LogP contribution in [0, 0.1) is 12.8 Å². The van der Waals surface area contributed by atoms with Crippen LogP contribution in [0.15, 0.2) is 29.3 Å². The van der Waals surface area contributed by atoms with Crippen LogP contribution in [0.1, 0.15) is 36.5 Å². The second-order valence-corrected chi connectivity index (χ2v) is 8.57. The maximum atomic E-state index is 6.19. The summed E-state index contributed by atoms with van der Waals surface area (Å²) in [7, 11) is 1.90. The molecule has 0 radical (unpaired) electrons. The number of guanidine groups is 1. The molecule has 6 heteroatoms. The van der Waals surface area contributed by atoms with Gasteiger partial charge in [0.05, 0.1) is 19.3 Å². The zero-order valence-electron chi connectivity index (χ0n) is 18.0. The molecule has 3 saturated heterocycles. The predicted octanol–water partition coefficient (Wildman–Crippen LogP) is 2.44. The van der Waals surface area contributed by atoms with E-state index in [1.807, 2.05) is 7.05 Å². The SMILES string of the molecule is CN=C(NCC1CCCOC1c1ccc(C)cc1)N1CCC(N2CCOCC2)C1. The van der Waals surface area contributed by atoms with Crippen molar-refractivity contribution in [1.82, 2.24) is 15.1 Å². The lowest BCUT2D eigenvalue weighted by atomic mass is 9.89. The van der Waals surface area contributed by atoms with E-state index in [-0.39, 0.29) is 6.10 Å². The first-order valence-corrected chi connectivity index (χ1v) is 11.2. The fourth-order valence-electron chi connectivity index (χ4n) is 4.91. The average molecular weight is 401 g/mol. The molecule has 0 bridgehead atoms. The van der Waals surface area contributed by atoms with E-state index >= 15 is 0 Å². The minimum Gasteiger partial charge on any atom is -0.379 e. The van der Waals surface area contributed by atoms with Gasteiger partial charge in [-0.2, -0.15) is 0 Å². The van der Waals surface area contributed by atoms with Gasteiger partial charge in [-0.15, -0.1) is 0 Å². The molecule has 3 aliphatic rings. The number of rotatable bonds is 4. The molecule has 3 heterocycles. The highest BCUT2D eigenvalue weighted by molar-refractivity contribution is 5.80. The molecule has 0 spiro atoms. The zero-order valence-corrected chi connectivity index (χ0v) is 18.0. The van der Waals surface area contributed by atoms with Gasteiger partial charge in [-0.05, 0) is 31.7 Å². The second-order valence-electron chi connectivity index (χ2n) is 8.57. The normalized spacial score (nSPS) is 29.2. The van der Waals surface area contributed by atoms with Crippen molar-refractivity contribution in [1.29, 1.82) is 0 Å². The Morgan fingerprint density at radius 3 is 2.66 bits per heavy atom. The Morgan fingerprint density at radius 1 is 1.10 bits per heavy atom. The highest BCUT2D eigenvalue weighted by Gasteiger charge is 2.32. The maximum Gasteiger partial charge on any atom is 0.193 e. The summed E-state index contributed by atoms with van der Waals surface area (Å²) in [6.45, 7) is 9.88. The molecule has 3 aliphatic heterocycles. The van der Waals surface area contributed by atoms with E-state index in [1.165, 1.54) is 24.0 Å². The van der Waals surface area contributed by atoms with Crippen molar-refractivity contribution in [3.8, 4) is 0 Å². The Morgan fingerprint density at radius 2 is 1.90 bits per heavy atom. The Balaban J connectivity index is 1.33. The van der Waals surface area contributed by atoms with Gasteiger partial charge < -0.3 is 19.7 Å². The Kier molecular flexibility index (Phi) is 7.06.